The van der Waals surface area contributed by atoms with Crippen molar-refractivity contribution < 1.29 is 9.47 Å². The molecule has 0 radical (unpaired) electrons. The van der Waals surface area contributed by atoms with Crippen molar-refractivity contribution in [3.8, 4) is 5.75 Å². The molecule has 2 rings (SSSR count). The molecule has 0 aromatic heterocycles. The van der Waals surface area contributed by atoms with Gasteiger partial charge in [0.2, 0.25) is 0 Å². The molecule has 3 unspecified atom stereocenters. The van der Waals surface area contributed by atoms with Gasteiger partial charge in [-0.2, -0.15) is 0 Å². The van der Waals surface area contributed by atoms with Crippen molar-refractivity contribution >= 4 is 34.7 Å². The summed E-state index contributed by atoms with van der Waals surface area (Å²) in [6.45, 7) is 8.78. The molecule has 1 saturated carbocycles. The molecule has 0 amide bonds. The van der Waals surface area contributed by atoms with Gasteiger partial charge in [-0.3, -0.25) is 0 Å². The van der Waals surface area contributed by atoms with E-state index in [4.69, 9.17) is 45.4 Å². The molecule has 0 bridgehead atoms. The maximum absolute atomic E-state index is 6.65. The van der Waals surface area contributed by atoms with Crippen LogP contribution in [0.1, 0.15) is 65.4 Å². The van der Waals surface area contributed by atoms with Gasteiger partial charge in [-0.05, 0) is 79.0 Å². The van der Waals surface area contributed by atoms with Crippen LogP contribution < -0.4 is 16.2 Å². The number of nitrogens with two attached hydrogens (primary N) is 2. The van der Waals surface area contributed by atoms with Gasteiger partial charge in [-0.25, -0.2) is 0 Å². The van der Waals surface area contributed by atoms with E-state index in [0.717, 1.165) is 44.3 Å². The zero-order chi connectivity index (χ0) is 20.9. The van der Waals surface area contributed by atoms with Crippen LogP contribution in [-0.2, 0) is 11.2 Å². The molecular weight excluding hydrogens is 388 g/mol. The Hall–Kier alpha value is -1.24. The number of hydrogen-bond acceptors (Lipinski definition) is 5. The smallest absolute Gasteiger partial charge is 0.254 e. The summed E-state index contributed by atoms with van der Waals surface area (Å²) in [6.07, 6.45) is 5.73. The van der Waals surface area contributed by atoms with Gasteiger partial charge in [0, 0.05) is 0 Å². The molecule has 156 valence electrons. The molecule has 0 aliphatic heterocycles. The van der Waals surface area contributed by atoms with Gasteiger partial charge < -0.3 is 20.9 Å². The van der Waals surface area contributed by atoms with Crippen molar-refractivity contribution in [2.45, 2.75) is 78.4 Å². The summed E-state index contributed by atoms with van der Waals surface area (Å²) in [7, 11) is 0. The van der Waals surface area contributed by atoms with Gasteiger partial charge in [0.15, 0.2) is 5.05 Å². The van der Waals surface area contributed by atoms with Crippen molar-refractivity contribution in [1.82, 2.24) is 0 Å². The highest BCUT2D eigenvalue weighted by Crippen LogP contribution is 2.48. The molecule has 4 N–H and O–H groups in total. The third kappa shape index (κ3) is 6.13. The molecule has 1 aromatic carbocycles. The third-order valence-corrected chi connectivity index (χ3v) is 6.06. The number of benzene rings is 1. The van der Waals surface area contributed by atoms with Crippen LogP contribution in [0.5, 0.6) is 5.75 Å². The lowest BCUT2D eigenvalue weighted by Crippen LogP contribution is -2.53. The Balaban J connectivity index is 2.16. The molecule has 1 aliphatic carbocycles. The largest absolute Gasteiger partial charge is 0.468 e. The van der Waals surface area contributed by atoms with Crippen molar-refractivity contribution in [2.75, 3.05) is 0 Å². The topological polar surface area (TPSA) is 70.5 Å². The van der Waals surface area contributed by atoms with Crippen LogP contribution in [0.25, 0.3) is 0 Å². The first-order valence-corrected chi connectivity index (χ1v) is 10.9. The summed E-state index contributed by atoms with van der Waals surface area (Å²) in [5.74, 6) is 0.811. The third-order valence-electron chi connectivity index (χ3n) is 5.63. The van der Waals surface area contributed by atoms with Gasteiger partial charge in [-0.15, -0.1) is 0 Å². The van der Waals surface area contributed by atoms with Crippen LogP contribution in [0, 0.1) is 10.8 Å². The van der Waals surface area contributed by atoms with Crippen LogP contribution in [0.4, 0.5) is 0 Å². The minimum atomic E-state index is -0.390. The number of unbranched alkanes of at least 4 members (excludes halogenated alkanes) is 1. The first-order valence-electron chi connectivity index (χ1n) is 10.1. The highest BCUT2D eigenvalue weighted by molar-refractivity contribution is 7.80. The molecule has 0 saturated heterocycles. The Labute approximate surface area is 180 Å². The number of hydrogen-bond donors (Lipinski definition) is 2. The standard InChI is InChI=1S/C22H34N2O2S2/c1-5-6-9-15-10-7-8-11-17(15)26-19(27)18(23)22(4)13-16(25-20(24)28)12-21(2,3)14-22/h7-8,10-11,16,18H,5-6,9,12-14,23H2,1-4H3,(H2,24,28). The van der Waals surface area contributed by atoms with E-state index in [0.29, 0.717) is 5.05 Å². The summed E-state index contributed by atoms with van der Waals surface area (Å²) >= 11 is 10.6. The second kappa shape index (κ2) is 9.51. The van der Waals surface area contributed by atoms with Gasteiger partial charge >= 0.3 is 0 Å². The van der Waals surface area contributed by atoms with E-state index in [1.165, 1.54) is 5.56 Å². The number of aryl methyl sites for hydroxylation is 1. The fourth-order valence-corrected chi connectivity index (χ4v) is 5.07. The highest BCUT2D eigenvalue weighted by Gasteiger charge is 2.47. The number of para-hydroxylation sites is 1. The van der Waals surface area contributed by atoms with Crippen molar-refractivity contribution in [3.63, 3.8) is 0 Å². The Bertz CT molecular complexity index is 708. The first kappa shape index (κ1) is 23.0. The maximum atomic E-state index is 6.65. The molecule has 1 fully saturated rings. The normalized spacial score (nSPS) is 25.0. The van der Waals surface area contributed by atoms with Crippen LogP contribution in [-0.4, -0.2) is 22.4 Å². The van der Waals surface area contributed by atoms with Gasteiger partial charge in [0.1, 0.15) is 11.9 Å². The zero-order valence-corrected chi connectivity index (χ0v) is 19.1. The van der Waals surface area contributed by atoms with Crippen molar-refractivity contribution in [1.29, 1.82) is 0 Å². The number of rotatable bonds is 7. The number of ether oxygens (including phenoxy) is 2. The van der Waals surface area contributed by atoms with Crippen LogP contribution in [0.3, 0.4) is 0 Å². The Morgan fingerprint density at radius 1 is 1.21 bits per heavy atom. The Morgan fingerprint density at radius 3 is 2.54 bits per heavy atom. The summed E-state index contributed by atoms with van der Waals surface area (Å²) in [5, 5.41) is 0.514. The predicted molar refractivity (Wildman–Crippen MR) is 124 cm³/mol. The molecule has 0 spiro atoms. The van der Waals surface area contributed by atoms with E-state index in [2.05, 4.69) is 33.8 Å². The SMILES string of the molecule is CCCCc1ccccc1OC(=S)C(N)C1(C)CC(OC(N)=S)CC(C)(C)C1. The summed E-state index contributed by atoms with van der Waals surface area (Å²) in [6, 6.07) is 7.67. The lowest BCUT2D eigenvalue weighted by atomic mass is 9.60. The van der Waals surface area contributed by atoms with Crippen molar-refractivity contribution in [3.05, 3.63) is 29.8 Å². The molecular formula is C22H34N2O2S2. The zero-order valence-electron chi connectivity index (χ0n) is 17.5. The van der Waals surface area contributed by atoms with Gasteiger partial charge in [0.05, 0.1) is 6.04 Å². The Morgan fingerprint density at radius 2 is 1.89 bits per heavy atom. The fraction of sp³-hybridized carbons (Fsp3) is 0.636. The molecule has 1 aromatic rings. The second-order valence-corrected chi connectivity index (χ2v) is 9.88. The van der Waals surface area contributed by atoms with E-state index in [1.54, 1.807) is 0 Å². The summed E-state index contributed by atoms with van der Waals surface area (Å²) in [4.78, 5) is 0. The first-order chi connectivity index (χ1) is 13.1. The fourth-order valence-electron chi connectivity index (χ4n) is 4.56. The number of thiocarbonyl (C=S) groups is 2. The van der Waals surface area contributed by atoms with Crippen molar-refractivity contribution in [2.24, 2.45) is 22.3 Å². The average Bonchev–Trinajstić information content (AvgIpc) is 2.57. The second-order valence-electron chi connectivity index (χ2n) is 9.07. The maximum Gasteiger partial charge on any atom is 0.254 e. The minimum Gasteiger partial charge on any atom is -0.468 e. The quantitative estimate of drug-likeness (QED) is 0.609. The molecule has 28 heavy (non-hydrogen) atoms. The highest BCUT2D eigenvalue weighted by atomic mass is 32.1. The van der Waals surface area contributed by atoms with E-state index in [1.807, 2.05) is 18.2 Å². The molecule has 0 heterocycles. The van der Waals surface area contributed by atoms with E-state index in [-0.39, 0.29) is 22.1 Å². The average molecular weight is 423 g/mol. The van der Waals surface area contributed by atoms with E-state index in [9.17, 15) is 0 Å². The Kier molecular flexibility index (Phi) is 7.82. The minimum absolute atomic E-state index is 0.0503. The van der Waals surface area contributed by atoms with Gasteiger partial charge in [-0.1, -0.05) is 52.3 Å². The molecule has 1 aliphatic rings. The van der Waals surface area contributed by atoms with Gasteiger partial charge in [0.25, 0.3) is 5.17 Å². The lowest BCUT2D eigenvalue weighted by molar-refractivity contribution is -0.00550. The van der Waals surface area contributed by atoms with Crippen LogP contribution in [0.2, 0.25) is 0 Å². The molecule has 3 atom stereocenters. The van der Waals surface area contributed by atoms with E-state index < -0.39 is 6.04 Å². The summed E-state index contributed by atoms with van der Waals surface area (Å²) in [5.41, 5.74) is 13.2. The molecule has 6 heteroatoms. The predicted octanol–water partition coefficient (Wildman–Crippen LogP) is 4.91. The molecule has 4 nitrogen and oxygen atoms in total. The van der Waals surface area contributed by atoms with Crippen LogP contribution >= 0.6 is 24.4 Å². The monoisotopic (exact) mass is 422 g/mol. The van der Waals surface area contributed by atoms with Crippen LogP contribution in [0.15, 0.2) is 24.3 Å². The summed E-state index contributed by atoms with van der Waals surface area (Å²) < 4.78 is 11.8. The van der Waals surface area contributed by atoms with E-state index >= 15 is 0 Å². The lowest BCUT2D eigenvalue weighted by Gasteiger charge is -2.48.